The highest BCUT2D eigenvalue weighted by molar-refractivity contribution is 6.39. The number of benzene rings is 1. The van der Waals surface area contributed by atoms with Crippen molar-refractivity contribution in [3.05, 3.63) is 29.6 Å². The van der Waals surface area contributed by atoms with Crippen LogP contribution in [0.25, 0.3) is 0 Å². The van der Waals surface area contributed by atoms with Crippen LogP contribution in [0, 0.1) is 18.7 Å². The summed E-state index contributed by atoms with van der Waals surface area (Å²) < 4.78 is 13.4. The molecule has 0 aliphatic heterocycles. The van der Waals surface area contributed by atoms with Gasteiger partial charge in [0.15, 0.2) is 0 Å². The van der Waals surface area contributed by atoms with Gasteiger partial charge in [-0.2, -0.15) is 0 Å². The fourth-order valence-corrected chi connectivity index (χ4v) is 1.96. The van der Waals surface area contributed by atoms with E-state index >= 15 is 0 Å². The lowest BCUT2D eigenvalue weighted by atomic mass is 9.95. The number of hydrogen-bond donors (Lipinski definition) is 3. The van der Waals surface area contributed by atoms with Crippen molar-refractivity contribution in [2.45, 2.75) is 46.1 Å². The second kappa shape index (κ2) is 8.06. The van der Waals surface area contributed by atoms with Crippen molar-refractivity contribution in [3.8, 4) is 0 Å². The van der Waals surface area contributed by atoms with Crippen molar-refractivity contribution >= 4 is 17.5 Å². The van der Waals surface area contributed by atoms with Crippen molar-refractivity contribution in [1.29, 1.82) is 0 Å². The van der Waals surface area contributed by atoms with E-state index in [1.54, 1.807) is 6.92 Å². The first kappa shape index (κ1) is 19.1. The van der Waals surface area contributed by atoms with Gasteiger partial charge in [-0.3, -0.25) is 9.59 Å². The van der Waals surface area contributed by atoms with E-state index in [2.05, 4.69) is 10.6 Å². The summed E-state index contributed by atoms with van der Waals surface area (Å²) in [6.45, 7) is 7.20. The van der Waals surface area contributed by atoms with E-state index in [9.17, 15) is 19.1 Å². The van der Waals surface area contributed by atoms with E-state index in [0.717, 1.165) is 6.42 Å². The number of carbonyl (C=O) groups is 2. The Kier molecular flexibility index (Phi) is 6.69. The Labute approximate surface area is 136 Å². The Morgan fingerprint density at radius 2 is 1.96 bits per heavy atom. The number of rotatable bonds is 6. The van der Waals surface area contributed by atoms with Crippen LogP contribution in [0.4, 0.5) is 10.1 Å². The number of carbonyl (C=O) groups excluding carboxylic acids is 2. The number of halogens is 1. The second-order valence-electron chi connectivity index (χ2n) is 6.48. The SMILES string of the molecule is Cc1c(F)cccc1NC(=O)C(=O)NCC(C)(O)CCC(C)C. The molecule has 0 fully saturated rings. The van der Waals surface area contributed by atoms with E-state index in [1.807, 2.05) is 13.8 Å². The summed E-state index contributed by atoms with van der Waals surface area (Å²) in [5, 5.41) is 14.9. The van der Waals surface area contributed by atoms with Crippen molar-refractivity contribution < 1.29 is 19.1 Å². The average Bonchev–Trinajstić information content (AvgIpc) is 2.47. The molecule has 5 nitrogen and oxygen atoms in total. The van der Waals surface area contributed by atoms with Crippen LogP contribution < -0.4 is 10.6 Å². The molecular formula is C17H25FN2O3. The van der Waals surface area contributed by atoms with Gasteiger partial charge in [0.05, 0.1) is 5.60 Å². The molecule has 1 aromatic rings. The highest BCUT2D eigenvalue weighted by Gasteiger charge is 2.23. The molecule has 2 amide bonds. The molecule has 23 heavy (non-hydrogen) atoms. The minimum Gasteiger partial charge on any atom is -0.388 e. The second-order valence-corrected chi connectivity index (χ2v) is 6.48. The van der Waals surface area contributed by atoms with Crippen LogP contribution in [0.2, 0.25) is 0 Å². The molecule has 128 valence electrons. The van der Waals surface area contributed by atoms with Crippen molar-refractivity contribution in [2.75, 3.05) is 11.9 Å². The Hall–Kier alpha value is -1.95. The zero-order valence-electron chi connectivity index (χ0n) is 14.1. The van der Waals surface area contributed by atoms with E-state index in [0.29, 0.717) is 12.3 Å². The summed E-state index contributed by atoms with van der Waals surface area (Å²) in [5.74, 6) is -1.77. The number of nitrogens with one attached hydrogen (secondary N) is 2. The first-order chi connectivity index (χ1) is 10.6. The van der Waals surface area contributed by atoms with Crippen molar-refractivity contribution in [1.82, 2.24) is 5.32 Å². The Bertz CT molecular complexity index is 571. The van der Waals surface area contributed by atoms with Crippen LogP contribution in [0.5, 0.6) is 0 Å². The third kappa shape index (κ3) is 6.36. The van der Waals surface area contributed by atoms with Gasteiger partial charge in [-0.25, -0.2) is 4.39 Å². The standard InChI is InChI=1S/C17H25FN2O3/c1-11(2)8-9-17(4,23)10-19-15(21)16(22)20-14-7-5-6-13(18)12(14)3/h5-7,11,23H,8-10H2,1-4H3,(H,19,21)(H,20,22). The molecule has 0 aliphatic rings. The number of anilines is 1. The first-order valence-electron chi connectivity index (χ1n) is 7.69. The normalized spacial score (nSPS) is 13.5. The minimum absolute atomic E-state index is 0.0197. The van der Waals surface area contributed by atoms with Gasteiger partial charge in [-0.05, 0) is 44.7 Å². The predicted molar refractivity (Wildman–Crippen MR) is 87.5 cm³/mol. The molecule has 3 N–H and O–H groups in total. The maximum absolute atomic E-state index is 13.4. The predicted octanol–water partition coefficient (Wildman–Crippen LogP) is 2.38. The van der Waals surface area contributed by atoms with Gasteiger partial charge >= 0.3 is 11.8 Å². The molecule has 0 saturated carbocycles. The van der Waals surface area contributed by atoms with Crippen LogP contribution in [0.3, 0.4) is 0 Å². The van der Waals surface area contributed by atoms with E-state index in [1.165, 1.54) is 25.1 Å². The molecule has 0 radical (unpaired) electrons. The van der Waals surface area contributed by atoms with Gasteiger partial charge in [0, 0.05) is 17.8 Å². The summed E-state index contributed by atoms with van der Waals surface area (Å²) in [7, 11) is 0. The molecule has 0 aromatic heterocycles. The van der Waals surface area contributed by atoms with E-state index in [-0.39, 0.29) is 17.8 Å². The highest BCUT2D eigenvalue weighted by Crippen LogP contribution is 2.17. The molecule has 1 unspecified atom stereocenters. The van der Waals surface area contributed by atoms with Gasteiger partial charge < -0.3 is 15.7 Å². The number of aliphatic hydroxyl groups is 1. The molecule has 1 rings (SSSR count). The maximum atomic E-state index is 13.4. The summed E-state index contributed by atoms with van der Waals surface area (Å²) in [6, 6.07) is 4.24. The largest absolute Gasteiger partial charge is 0.388 e. The van der Waals surface area contributed by atoms with Crippen LogP contribution in [0.15, 0.2) is 18.2 Å². The van der Waals surface area contributed by atoms with Crippen molar-refractivity contribution in [2.24, 2.45) is 5.92 Å². The molecule has 6 heteroatoms. The lowest BCUT2D eigenvalue weighted by Crippen LogP contribution is -2.44. The van der Waals surface area contributed by atoms with Gasteiger partial charge in [0.25, 0.3) is 0 Å². The van der Waals surface area contributed by atoms with Crippen LogP contribution in [-0.4, -0.2) is 29.1 Å². The lowest BCUT2D eigenvalue weighted by Gasteiger charge is -2.24. The molecule has 0 bridgehead atoms. The van der Waals surface area contributed by atoms with Gasteiger partial charge in [0.1, 0.15) is 5.82 Å². The van der Waals surface area contributed by atoms with Gasteiger partial charge in [-0.1, -0.05) is 19.9 Å². The molecule has 0 heterocycles. The van der Waals surface area contributed by atoms with E-state index in [4.69, 9.17) is 0 Å². The zero-order valence-corrected chi connectivity index (χ0v) is 14.1. The summed E-state index contributed by atoms with van der Waals surface area (Å²) >= 11 is 0. The third-order valence-corrected chi connectivity index (χ3v) is 3.61. The molecule has 0 saturated heterocycles. The third-order valence-electron chi connectivity index (χ3n) is 3.61. The molecule has 0 aliphatic carbocycles. The highest BCUT2D eigenvalue weighted by atomic mass is 19.1. The summed E-state index contributed by atoms with van der Waals surface area (Å²) in [5.41, 5.74) is -0.566. The first-order valence-corrected chi connectivity index (χ1v) is 7.69. The minimum atomic E-state index is -1.07. The van der Waals surface area contributed by atoms with Gasteiger partial charge in [-0.15, -0.1) is 0 Å². The number of hydrogen-bond acceptors (Lipinski definition) is 3. The quantitative estimate of drug-likeness (QED) is 0.703. The summed E-state index contributed by atoms with van der Waals surface area (Å²) in [4.78, 5) is 23.6. The maximum Gasteiger partial charge on any atom is 0.313 e. The smallest absolute Gasteiger partial charge is 0.313 e. The topological polar surface area (TPSA) is 78.4 Å². The molecule has 1 atom stereocenters. The zero-order chi connectivity index (χ0) is 17.6. The average molecular weight is 324 g/mol. The molecular weight excluding hydrogens is 299 g/mol. The Balaban J connectivity index is 2.54. The van der Waals surface area contributed by atoms with Crippen LogP contribution in [0.1, 0.15) is 39.2 Å². The monoisotopic (exact) mass is 324 g/mol. The fourth-order valence-electron chi connectivity index (χ4n) is 1.96. The van der Waals surface area contributed by atoms with Gasteiger partial charge in [0.2, 0.25) is 0 Å². The summed E-state index contributed by atoms with van der Waals surface area (Å²) in [6.07, 6.45) is 1.34. The van der Waals surface area contributed by atoms with E-state index < -0.39 is 23.2 Å². The molecule has 1 aromatic carbocycles. The Morgan fingerprint density at radius 3 is 2.57 bits per heavy atom. The lowest BCUT2D eigenvalue weighted by molar-refractivity contribution is -0.136. The number of amides is 2. The van der Waals surface area contributed by atoms with Crippen LogP contribution >= 0.6 is 0 Å². The van der Waals surface area contributed by atoms with Crippen molar-refractivity contribution in [3.63, 3.8) is 0 Å². The Morgan fingerprint density at radius 1 is 1.30 bits per heavy atom. The molecule has 0 spiro atoms. The van der Waals surface area contributed by atoms with Crippen LogP contribution in [-0.2, 0) is 9.59 Å². The fraction of sp³-hybridized carbons (Fsp3) is 0.529.